The van der Waals surface area contributed by atoms with E-state index in [4.69, 9.17) is 5.73 Å². The number of anilines is 1. The third-order valence-corrected chi connectivity index (χ3v) is 3.86. The Hall–Kier alpha value is -1.43. The van der Waals surface area contributed by atoms with Crippen LogP contribution in [0.4, 0.5) is 5.69 Å². The Morgan fingerprint density at radius 1 is 1.30 bits per heavy atom. The molecule has 0 aliphatic carbocycles. The highest BCUT2D eigenvalue weighted by Gasteiger charge is 2.12. The van der Waals surface area contributed by atoms with Crippen LogP contribution in [0.5, 0.6) is 0 Å². The molecule has 0 atom stereocenters. The summed E-state index contributed by atoms with van der Waals surface area (Å²) in [5, 5.41) is 12.0. The number of nitrogen functional groups attached to an aromatic ring is 1. The van der Waals surface area contributed by atoms with Crippen molar-refractivity contribution in [1.82, 2.24) is 20.2 Å². The molecule has 0 fully saturated rings. The molecule has 0 spiro atoms. The highest BCUT2D eigenvalue weighted by atomic mass is 79.9. The monoisotopic (exact) mass is 337 g/mol. The number of hydrogen-bond donors (Lipinski definition) is 1. The number of benzene rings is 1. The minimum atomic E-state index is 0.706. The van der Waals surface area contributed by atoms with Gasteiger partial charge >= 0.3 is 0 Å². The van der Waals surface area contributed by atoms with Crippen LogP contribution in [0, 0.1) is 5.92 Å². The minimum absolute atomic E-state index is 0.706. The number of halogens is 1. The standard InChI is InChI=1S/C14H20BrN5/c1-10(2)5-3-4-8-20-14(17-18-19-20)12-9-11(16)6-7-13(12)15/h6-7,9-10H,3-5,8,16H2,1-2H3. The second kappa shape index (κ2) is 6.83. The van der Waals surface area contributed by atoms with E-state index in [1.54, 1.807) is 0 Å². The van der Waals surface area contributed by atoms with Crippen LogP contribution in [0.2, 0.25) is 0 Å². The lowest BCUT2D eigenvalue weighted by Gasteiger charge is -2.08. The zero-order valence-electron chi connectivity index (χ0n) is 11.9. The highest BCUT2D eigenvalue weighted by Crippen LogP contribution is 2.28. The Morgan fingerprint density at radius 2 is 2.10 bits per heavy atom. The molecule has 108 valence electrons. The number of unbranched alkanes of at least 4 members (excludes halogenated alkanes) is 1. The van der Waals surface area contributed by atoms with Gasteiger partial charge in [-0.2, -0.15) is 0 Å². The van der Waals surface area contributed by atoms with E-state index >= 15 is 0 Å². The smallest absolute Gasteiger partial charge is 0.183 e. The topological polar surface area (TPSA) is 69.6 Å². The third kappa shape index (κ3) is 3.79. The van der Waals surface area contributed by atoms with Gasteiger partial charge in [-0.3, -0.25) is 0 Å². The molecule has 0 unspecified atom stereocenters. The lowest BCUT2D eigenvalue weighted by Crippen LogP contribution is -2.04. The molecule has 6 heteroatoms. The number of hydrogen-bond acceptors (Lipinski definition) is 4. The average molecular weight is 338 g/mol. The molecule has 2 rings (SSSR count). The van der Waals surface area contributed by atoms with Crippen LogP contribution in [0.15, 0.2) is 22.7 Å². The molecule has 1 heterocycles. The molecule has 0 aliphatic rings. The molecule has 5 nitrogen and oxygen atoms in total. The Kier molecular flexibility index (Phi) is 5.11. The molecule has 2 N–H and O–H groups in total. The number of aryl methyl sites for hydroxylation is 1. The predicted octanol–water partition coefficient (Wildman–Crippen LogP) is 3.51. The summed E-state index contributed by atoms with van der Waals surface area (Å²) in [4.78, 5) is 0. The molecule has 2 aromatic rings. The van der Waals surface area contributed by atoms with Gasteiger partial charge in [0.2, 0.25) is 0 Å². The van der Waals surface area contributed by atoms with Crippen LogP contribution in [0.25, 0.3) is 11.4 Å². The Labute approximate surface area is 127 Å². The number of rotatable bonds is 6. The molecule has 0 amide bonds. The molecular weight excluding hydrogens is 318 g/mol. The van der Waals surface area contributed by atoms with Gasteiger partial charge in [0.15, 0.2) is 5.82 Å². The van der Waals surface area contributed by atoms with Gasteiger partial charge in [0.05, 0.1) is 0 Å². The minimum Gasteiger partial charge on any atom is -0.399 e. The number of nitrogens with zero attached hydrogens (tertiary/aromatic N) is 4. The maximum Gasteiger partial charge on any atom is 0.183 e. The van der Waals surface area contributed by atoms with E-state index in [9.17, 15) is 0 Å². The predicted molar refractivity (Wildman–Crippen MR) is 84.1 cm³/mol. The summed E-state index contributed by atoms with van der Waals surface area (Å²) < 4.78 is 2.80. The second-order valence-corrected chi connectivity index (χ2v) is 6.21. The molecular formula is C14H20BrN5. The van der Waals surface area contributed by atoms with Gasteiger partial charge in [0, 0.05) is 22.3 Å². The molecule has 0 aliphatic heterocycles. The van der Waals surface area contributed by atoms with Gasteiger partial charge in [0.25, 0.3) is 0 Å². The first-order valence-corrected chi connectivity index (χ1v) is 7.69. The zero-order chi connectivity index (χ0) is 14.5. The van der Waals surface area contributed by atoms with Crippen molar-refractivity contribution in [3.8, 4) is 11.4 Å². The van der Waals surface area contributed by atoms with Gasteiger partial charge in [0.1, 0.15) is 0 Å². The van der Waals surface area contributed by atoms with Gasteiger partial charge in [-0.25, -0.2) is 4.68 Å². The van der Waals surface area contributed by atoms with Crippen LogP contribution in [-0.4, -0.2) is 20.2 Å². The van der Waals surface area contributed by atoms with E-state index in [-0.39, 0.29) is 0 Å². The SMILES string of the molecule is CC(C)CCCCn1nnnc1-c1cc(N)ccc1Br. The van der Waals surface area contributed by atoms with Gasteiger partial charge in [-0.1, -0.05) is 42.6 Å². The zero-order valence-corrected chi connectivity index (χ0v) is 13.5. The lowest BCUT2D eigenvalue weighted by atomic mass is 10.1. The number of tetrazole rings is 1. The Morgan fingerprint density at radius 3 is 2.85 bits per heavy atom. The van der Waals surface area contributed by atoms with Crippen molar-refractivity contribution in [2.75, 3.05) is 5.73 Å². The van der Waals surface area contributed by atoms with Crippen LogP contribution in [0.1, 0.15) is 33.1 Å². The molecule has 1 aromatic heterocycles. The van der Waals surface area contributed by atoms with E-state index in [1.165, 1.54) is 12.8 Å². The summed E-state index contributed by atoms with van der Waals surface area (Å²) in [7, 11) is 0. The fourth-order valence-corrected chi connectivity index (χ4v) is 2.50. The van der Waals surface area contributed by atoms with Crippen molar-refractivity contribution >= 4 is 21.6 Å². The largest absolute Gasteiger partial charge is 0.399 e. The van der Waals surface area contributed by atoms with E-state index in [0.717, 1.165) is 34.7 Å². The van der Waals surface area contributed by atoms with Gasteiger partial charge in [-0.05, 0) is 41.0 Å². The maximum atomic E-state index is 5.84. The van der Waals surface area contributed by atoms with Crippen LogP contribution in [0.3, 0.4) is 0 Å². The Balaban J connectivity index is 2.10. The molecule has 1 aromatic carbocycles. The number of nitrogens with two attached hydrogens (primary N) is 1. The van der Waals surface area contributed by atoms with E-state index in [0.29, 0.717) is 5.69 Å². The first-order chi connectivity index (χ1) is 9.58. The quantitative estimate of drug-likeness (QED) is 0.646. The maximum absolute atomic E-state index is 5.84. The van der Waals surface area contributed by atoms with Crippen molar-refractivity contribution < 1.29 is 0 Å². The fraction of sp³-hybridized carbons (Fsp3) is 0.500. The van der Waals surface area contributed by atoms with Crippen LogP contribution < -0.4 is 5.73 Å². The summed E-state index contributed by atoms with van der Waals surface area (Å²) in [6, 6.07) is 5.66. The summed E-state index contributed by atoms with van der Waals surface area (Å²) in [6.45, 7) is 5.31. The summed E-state index contributed by atoms with van der Waals surface area (Å²) in [6.07, 6.45) is 3.50. The second-order valence-electron chi connectivity index (χ2n) is 5.35. The van der Waals surface area contributed by atoms with E-state index < -0.39 is 0 Å². The molecule has 0 radical (unpaired) electrons. The van der Waals surface area contributed by atoms with Crippen molar-refractivity contribution in [1.29, 1.82) is 0 Å². The molecule has 20 heavy (non-hydrogen) atoms. The van der Waals surface area contributed by atoms with Crippen molar-refractivity contribution in [2.24, 2.45) is 5.92 Å². The van der Waals surface area contributed by atoms with E-state index in [1.807, 2.05) is 22.9 Å². The van der Waals surface area contributed by atoms with Gasteiger partial charge in [-0.15, -0.1) is 5.10 Å². The molecule has 0 saturated carbocycles. The van der Waals surface area contributed by atoms with Crippen molar-refractivity contribution in [2.45, 2.75) is 39.7 Å². The summed E-state index contributed by atoms with van der Waals surface area (Å²) in [5.74, 6) is 1.50. The normalized spacial score (nSPS) is 11.2. The first-order valence-electron chi connectivity index (χ1n) is 6.89. The summed E-state index contributed by atoms with van der Waals surface area (Å²) >= 11 is 3.52. The fourth-order valence-electron chi connectivity index (χ4n) is 2.08. The van der Waals surface area contributed by atoms with Crippen LogP contribution in [-0.2, 0) is 6.54 Å². The first kappa shape index (κ1) is 15.0. The third-order valence-electron chi connectivity index (χ3n) is 3.16. The average Bonchev–Trinajstić information content (AvgIpc) is 2.85. The molecule has 0 saturated heterocycles. The van der Waals surface area contributed by atoms with Gasteiger partial charge < -0.3 is 5.73 Å². The lowest BCUT2D eigenvalue weighted by molar-refractivity contribution is 0.487. The highest BCUT2D eigenvalue weighted by molar-refractivity contribution is 9.10. The van der Waals surface area contributed by atoms with Crippen molar-refractivity contribution in [3.05, 3.63) is 22.7 Å². The van der Waals surface area contributed by atoms with E-state index in [2.05, 4.69) is 45.3 Å². The summed E-state index contributed by atoms with van der Waals surface area (Å²) in [5.41, 5.74) is 7.48. The number of aromatic nitrogens is 4. The van der Waals surface area contributed by atoms with Crippen molar-refractivity contribution in [3.63, 3.8) is 0 Å². The Bertz CT molecular complexity index is 564. The van der Waals surface area contributed by atoms with Crippen LogP contribution >= 0.6 is 15.9 Å². The molecule has 0 bridgehead atoms.